The summed E-state index contributed by atoms with van der Waals surface area (Å²) < 4.78 is 10.9. The van der Waals surface area contributed by atoms with E-state index in [1.807, 2.05) is 17.0 Å². The van der Waals surface area contributed by atoms with Crippen LogP contribution in [0.3, 0.4) is 0 Å². The Labute approximate surface area is 137 Å². The van der Waals surface area contributed by atoms with Gasteiger partial charge in [0.2, 0.25) is 5.91 Å². The molecule has 0 radical (unpaired) electrons. The van der Waals surface area contributed by atoms with Crippen LogP contribution in [0, 0.1) is 5.41 Å². The maximum Gasteiger partial charge on any atom is 0.227 e. The van der Waals surface area contributed by atoms with Crippen LogP contribution in [0.25, 0.3) is 0 Å². The Kier molecular flexibility index (Phi) is 5.13. The van der Waals surface area contributed by atoms with Gasteiger partial charge >= 0.3 is 0 Å². The van der Waals surface area contributed by atoms with Gasteiger partial charge in [0.15, 0.2) is 0 Å². The summed E-state index contributed by atoms with van der Waals surface area (Å²) >= 11 is 0. The second kappa shape index (κ2) is 7.27. The fourth-order valence-electron chi connectivity index (χ4n) is 3.33. The first-order valence-corrected chi connectivity index (χ1v) is 8.29. The van der Waals surface area contributed by atoms with Gasteiger partial charge < -0.3 is 19.7 Å². The van der Waals surface area contributed by atoms with Crippen molar-refractivity contribution in [3.63, 3.8) is 0 Å². The first-order chi connectivity index (χ1) is 11.2. The normalized spacial score (nSPS) is 20.7. The molecule has 6 heteroatoms. The molecule has 6 nitrogen and oxygen atoms in total. The molecule has 1 aromatic rings. The second-order valence-electron chi connectivity index (χ2n) is 6.45. The van der Waals surface area contributed by atoms with Crippen molar-refractivity contribution in [1.82, 2.24) is 4.98 Å². The van der Waals surface area contributed by atoms with Crippen molar-refractivity contribution in [2.24, 2.45) is 5.41 Å². The van der Waals surface area contributed by atoms with Crippen LogP contribution in [0.2, 0.25) is 0 Å². The highest BCUT2D eigenvalue weighted by atomic mass is 16.5. The van der Waals surface area contributed by atoms with E-state index < -0.39 is 0 Å². The summed E-state index contributed by atoms with van der Waals surface area (Å²) in [6.45, 7) is 3.91. The zero-order valence-electron chi connectivity index (χ0n) is 13.7. The number of amides is 1. The van der Waals surface area contributed by atoms with E-state index in [0.717, 1.165) is 63.7 Å². The van der Waals surface area contributed by atoms with Gasteiger partial charge in [-0.15, -0.1) is 0 Å². The molecule has 0 aliphatic carbocycles. The minimum absolute atomic E-state index is 0.109. The summed E-state index contributed by atoms with van der Waals surface area (Å²) in [5, 5.41) is 3.42. The Morgan fingerprint density at radius 3 is 2.83 bits per heavy atom. The van der Waals surface area contributed by atoms with Gasteiger partial charge in [0.05, 0.1) is 18.5 Å². The molecule has 2 aliphatic rings. The monoisotopic (exact) mass is 319 g/mol. The Morgan fingerprint density at radius 1 is 1.39 bits per heavy atom. The summed E-state index contributed by atoms with van der Waals surface area (Å²) in [4.78, 5) is 18.0. The molecule has 1 amide bonds. The lowest BCUT2D eigenvalue weighted by Crippen LogP contribution is -2.39. The number of anilines is 2. The van der Waals surface area contributed by atoms with Gasteiger partial charge in [-0.3, -0.25) is 4.79 Å². The smallest absolute Gasteiger partial charge is 0.227 e. The summed E-state index contributed by atoms with van der Waals surface area (Å²) in [5.74, 6) is 1.02. The molecule has 1 aromatic heterocycles. The summed E-state index contributed by atoms with van der Waals surface area (Å²) in [7, 11) is 1.75. The molecule has 2 fully saturated rings. The van der Waals surface area contributed by atoms with Crippen LogP contribution in [0.15, 0.2) is 18.3 Å². The van der Waals surface area contributed by atoms with Crippen molar-refractivity contribution >= 4 is 17.4 Å². The van der Waals surface area contributed by atoms with Crippen LogP contribution in [0.5, 0.6) is 0 Å². The minimum atomic E-state index is 0.109. The van der Waals surface area contributed by atoms with Crippen molar-refractivity contribution in [3.05, 3.63) is 18.3 Å². The molecule has 0 saturated carbocycles. The van der Waals surface area contributed by atoms with Crippen LogP contribution in [-0.4, -0.2) is 50.9 Å². The Bertz CT molecular complexity index is 521. The van der Waals surface area contributed by atoms with Crippen LogP contribution >= 0.6 is 0 Å². The number of hydrogen-bond acceptors (Lipinski definition) is 5. The Hall–Kier alpha value is -1.66. The van der Waals surface area contributed by atoms with Gasteiger partial charge in [-0.1, -0.05) is 0 Å². The quantitative estimate of drug-likeness (QED) is 0.869. The molecule has 1 N–H and O–H groups in total. The van der Waals surface area contributed by atoms with Gasteiger partial charge in [-0.2, -0.15) is 0 Å². The average molecular weight is 319 g/mol. The van der Waals surface area contributed by atoms with Crippen LogP contribution in [0.4, 0.5) is 11.5 Å². The molecule has 0 bridgehead atoms. The summed E-state index contributed by atoms with van der Waals surface area (Å²) in [5.41, 5.74) is 0.994. The summed E-state index contributed by atoms with van der Waals surface area (Å²) in [6, 6.07) is 3.91. The third-order valence-electron chi connectivity index (χ3n) is 4.78. The molecule has 3 rings (SSSR count). The number of nitrogens with one attached hydrogen (secondary N) is 1. The number of ether oxygens (including phenoxy) is 2. The van der Waals surface area contributed by atoms with E-state index in [9.17, 15) is 4.79 Å². The van der Waals surface area contributed by atoms with Crippen molar-refractivity contribution in [2.45, 2.75) is 25.7 Å². The number of nitrogens with zero attached hydrogens (tertiary/aromatic N) is 2. The number of carbonyl (C=O) groups is 1. The highest BCUT2D eigenvalue weighted by Crippen LogP contribution is 2.31. The maximum absolute atomic E-state index is 11.8. The Balaban J connectivity index is 1.60. The van der Waals surface area contributed by atoms with E-state index in [1.165, 1.54) is 0 Å². The summed E-state index contributed by atoms with van der Waals surface area (Å²) in [6.07, 6.45) is 5.34. The van der Waals surface area contributed by atoms with Crippen LogP contribution in [0.1, 0.15) is 25.7 Å². The zero-order chi connectivity index (χ0) is 16.1. The molecular weight excluding hydrogens is 294 g/mol. The number of rotatable bonds is 6. The molecule has 0 atom stereocenters. The second-order valence-corrected chi connectivity index (χ2v) is 6.45. The van der Waals surface area contributed by atoms with Crippen molar-refractivity contribution in [2.75, 3.05) is 50.2 Å². The zero-order valence-corrected chi connectivity index (χ0v) is 13.7. The third kappa shape index (κ3) is 3.82. The fourth-order valence-corrected chi connectivity index (χ4v) is 3.33. The topological polar surface area (TPSA) is 63.7 Å². The SMILES string of the molecule is COCC1(CNc2ccc(N3CCCC3=O)cn2)CCOCC1. The van der Waals surface area contributed by atoms with E-state index in [2.05, 4.69) is 10.3 Å². The first kappa shape index (κ1) is 16.2. The number of aromatic nitrogens is 1. The third-order valence-corrected chi connectivity index (χ3v) is 4.78. The lowest BCUT2D eigenvalue weighted by atomic mass is 9.81. The minimum Gasteiger partial charge on any atom is -0.384 e. The number of pyridine rings is 1. The molecule has 0 unspecified atom stereocenters. The highest BCUT2D eigenvalue weighted by molar-refractivity contribution is 5.95. The molecule has 23 heavy (non-hydrogen) atoms. The molecule has 2 saturated heterocycles. The van der Waals surface area contributed by atoms with Gasteiger partial charge in [0.25, 0.3) is 0 Å². The van der Waals surface area contributed by atoms with Gasteiger partial charge in [-0.05, 0) is 31.4 Å². The number of hydrogen-bond donors (Lipinski definition) is 1. The first-order valence-electron chi connectivity index (χ1n) is 8.29. The molecule has 126 valence electrons. The van der Waals surface area contributed by atoms with E-state index in [-0.39, 0.29) is 11.3 Å². The van der Waals surface area contributed by atoms with Crippen LogP contribution in [-0.2, 0) is 14.3 Å². The predicted molar refractivity (Wildman–Crippen MR) is 88.7 cm³/mol. The fraction of sp³-hybridized carbons (Fsp3) is 0.647. The molecule has 2 aliphatic heterocycles. The van der Waals surface area contributed by atoms with E-state index in [0.29, 0.717) is 6.42 Å². The maximum atomic E-state index is 11.8. The van der Waals surface area contributed by atoms with E-state index >= 15 is 0 Å². The lowest BCUT2D eigenvalue weighted by molar-refractivity contribution is -0.117. The Morgan fingerprint density at radius 2 is 2.22 bits per heavy atom. The standard InChI is InChI=1S/C17H25N3O3/c1-22-13-17(6-9-23-10-7-17)12-19-15-5-4-14(11-18-15)20-8-2-3-16(20)21/h4-5,11H,2-3,6-10,12-13H2,1H3,(H,18,19). The molecule has 3 heterocycles. The van der Waals surface area contributed by atoms with Gasteiger partial charge in [0, 0.05) is 45.2 Å². The highest BCUT2D eigenvalue weighted by Gasteiger charge is 2.32. The van der Waals surface area contributed by atoms with Crippen LogP contribution < -0.4 is 10.2 Å². The number of carbonyl (C=O) groups excluding carboxylic acids is 1. The number of methoxy groups -OCH3 is 1. The van der Waals surface area contributed by atoms with E-state index in [4.69, 9.17) is 9.47 Å². The van der Waals surface area contributed by atoms with E-state index in [1.54, 1.807) is 13.3 Å². The largest absolute Gasteiger partial charge is 0.384 e. The van der Waals surface area contributed by atoms with Gasteiger partial charge in [0.1, 0.15) is 5.82 Å². The molecule has 0 aromatic carbocycles. The molecular formula is C17H25N3O3. The van der Waals surface area contributed by atoms with Gasteiger partial charge in [-0.25, -0.2) is 4.98 Å². The van der Waals surface area contributed by atoms with Crippen molar-refractivity contribution in [3.8, 4) is 0 Å². The van der Waals surface area contributed by atoms with Crippen molar-refractivity contribution < 1.29 is 14.3 Å². The van der Waals surface area contributed by atoms with Crippen molar-refractivity contribution in [1.29, 1.82) is 0 Å². The molecule has 0 spiro atoms. The predicted octanol–water partition coefficient (Wildman–Crippen LogP) is 2.06. The lowest BCUT2D eigenvalue weighted by Gasteiger charge is -2.36. The average Bonchev–Trinajstić information content (AvgIpc) is 3.01.